The van der Waals surface area contributed by atoms with Crippen LogP contribution < -0.4 is 16.2 Å². The van der Waals surface area contributed by atoms with E-state index in [0.717, 1.165) is 0 Å². The Bertz CT molecular complexity index is 1520. The first kappa shape index (κ1) is 26.4. The molecule has 5 rings (SSSR count). The number of rotatable bonds is 5. The van der Waals surface area contributed by atoms with Crippen LogP contribution in [-0.4, -0.2) is 40.0 Å². The predicted molar refractivity (Wildman–Crippen MR) is 131 cm³/mol. The predicted octanol–water partition coefficient (Wildman–Crippen LogP) is 4.32. The van der Waals surface area contributed by atoms with Gasteiger partial charge in [-0.3, -0.25) is 9.97 Å². The van der Waals surface area contributed by atoms with Crippen LogP contribution in [0.4, 0.5) is 26.3 Å². The van der Waals surface area contributed by atoms with E-state index in [4.69, 9.17) is 0 Å². The van der Waals surface area contributed by atoms with Crippen molar-refractivity contribution in [3.63, 3.8) is 0 Å². The number of hydrogen-bond donors (Lipinski definition) is 0. The maximum atomic E-state index is 14.4. The van der Waals surface area contributed by atoms with Gasteiger partial charge in [0, 0.05) is 20.3 Å². The highest BCUT2D eigenvalue weighted by Crippen LogP contribution is 2.43. The van der Waals surface area contributed by atoms with Crippen molar-refractivity contribution in [3.8, 4) is 22.8 Å². The molecule has 0 fully saturated rings. The number of pyridine rings is 2. The van der Waals surface area contributed by atoms with Crippen molar-refractivity contribution >= 4 is 24.1 Å². The number of nitrogens with zero attached hydrogens (tertiary/aromatic N) is 8. The van der Waals surface area contributed by atoms with Crippen molar-refractivity contribution in [2.75, 3.05) is 0 Å². The molecule has 0 radical (unpaired) electrons. The van der Waals surface area contributed by atoms with Crippen LogP contribution in [0.5, 0.6) is 0 Å². The van der Waals surface area contributed by atoms with E-state index < -0.39 is 31.4 Å². The van der Waals surface area contributed by atoms with Crippen LogP contribution in [0.3, 0.4) is 0 Å². The van der Waals surface area contributed by atoms with Gasteiger partial charge in [0.15, 0.2) is 0 Å². The van der Waals surface area contributed by atoms with Gasteiger partial charge < -0.3 is 0 Å². The molecule has 0 aliphatic carbocycles. The molecule has 0 unspecified atom stereocenters. The summed E-state index contributed by atoms with van der Waals surface area (Å²) in [5.41, 5.74) is -0.700. The fourth-order valence-electron chi connectivity index (χ4n) is 3.94. The number of hydrogen-bond acceptors (Lipinski definition) is 6. The Kier molecular flexibility index (Phi) is 6.67. The first-order valence-corrected chi connectivity index (χ1v) is 12.6. The zero-order valence-corrected chi connectivity index (χ0v) is 21.0. The summed E-state index contributed by atoms with van der Waals surface area (Å²) in [6, 6.07) is 13.7. The zero-order chi connectivity index (χ0) is 27.9. The van der Waals surface area contributed by atoms with Crippen LogP contribution in [0.25, 0.3) is 22.8 Å². The van der Waals surface area contributed by atoms with E-state index in [2.05, 4.69) is 30.6 Å². The van der Waals surface area contributed by atoms with E-state index in [0.29, 0.717) is 11.1 Å². The van der Waals surface area contributed by atoms with Crippen molar-refractivity contribution in [2.45, 2.75) is 26.4 Å². The minimum Gasteiger partial charge on any atom is -0.254 e. The van der Waals surface area contributed by atoms with E-state index >= 15 is 0 Å². The largest absolute Gasteiger partial charge is 0.506 e. The smallest absolute Gasteiger partial charge is 0.254 e. The highest BCUT2D eigenvalue weighted by atomic mass is 31.1. The molecule has 1 aromatic carbocycles. The van der Waals surface area contributed by atoms with E-state index in [1.165, 1.54) is 42.7 Å². The minimum atomic E-state index is -5.12. The molecule has 4 heterocycles. The van der Waals surface area contributed by atoms with E-state index in [1.807, 2.05) is 0 Å². The molecule has 4 aromatic heterocycles. The van der Waals surface area contributed by atoms with Crippen LogP contribution in [0.1, 0.15) is 11.1 Å². The second kappa shape index (κ2) is 9.84. The lowest BCUT2D eigenvalue weighted by Gasteiger charge is -2.25. The van der Waals surface area contributed by atoms with E-state index in [1.54, 1.807) is 38.1 Å². The van der Waals surface area contributed by atoms with Gasteiger partial charge in [-0.1, -0.05) is 40.8 Å². The van der Waals surface area contributed by atoms with Crippen molar-refractivity contribution in [1.29, 1.82) is 0 Å². The van der Waals surface area contributed by atoms with Crippen LogP contribution in [-0.2, 0) is 12.6 Å². The zero-order valence-electron chi connectivity index (χ0n) is 20.1. The Balaban J connectivity index is 1.96. The van der Waals surface area contributed by atoms with Gasteiger partial charge in [-0.15, -0.1) is 45.9 Å². The molecule has 0 saturated heterocycles. The molecule has 0 bridgehead atoms. The molecule has 0 aliphatic heterocycles. The molecule has 0 N–H and O–H groups in total. The molecule has 0 spiro atoms. The maximum absolute atomic E-state index is 14.4. The van der Waals surface area contributed by atoms with Gasteiger partial charge >= 0.3 is 12.6 Å². The van der Waals surface area contributed by atoms with Gasteiger partial charge in [0.25, 0.3) is 0 Å². The van der Waals surface area contributed by atoms with Gasteiger partial charge in [-0.05, 0) is 54.5 Å². The lowest BCUT2D eigenvalue weighted by atomic mass is 10.1. The fraction of sp³-hybridized carbons (Fsp3) is 0.167. The van der Waals surface area contributed by atoms with Crippen LogP contribution in [0, 0.1) is 13.8 Å². The fourth-order valence-corrected chi connectivity index (χ4v) is 6.77. The maximum Gasteiger partial charge on any atom is 0.506 e. The highest BCUT2D eigenvalue weighted by molar-refractivity contribution is 7.80. The molecule has 39 heavy (non-hydrogen) atoms. The summed E-state index contributed by atoms with van der Waals surface area (Å²) in [4.78, 5) is 8.22. The molecule has 0 saturated carbocycles. The Morgan fingerprint density at radius 1 is 0.641 bits per heavy atom. The molecular formula is C24H17F6N8P. The first-order chi connectivity index (χ1) is 18.5. The molecule has 0 amide bonds. The summed E-state index contributed by atoms with van der Waals surface area (Å²) in [5.74, 6) is 0. The average Bonchev–Trinajstić information content (AvgIpc) is 3.54. The van der Waals surface area contributed by atoms with Crippen molar-refractivity contribution < 1.29 is 26.3 Å². The third-order valence-electron chi connectivity index (χ3n) is 5.83. The summed E-state index contributed by atoms with van der Waals surface area (Å²) in [5, 5.41) is 14.4. The monoisotopic (exact) mass is 562 g/mol. The summed E-state index contributed by atoms with van der Waals surface area (Å²) in [6.45, 7) is 3.34. The lowest BCUT2D eigenvalue weighted by molar-refractivity contribution is -0.211. The number of benzene rings is 1. The summed E-state index contributed by atoms with van der Waals surface area (Å²) < 4.78 is 85.9. The number of alkyl halides is 6. The van der Waals surface area contributed by atoms with Gasteiger partial charge in [-0.25, -0.2) is 0 Å². The molecule has 5 aromatic rings. The normalized spacial score (nSPS) is 12.3. The molecular weight excluding hydrogens is 545 g/mol. The van der Waals surface area contributed by atoms with Crippen LogP contribution in [0.2, 0.25) is 0 Å². The van der Waals surface area contributed by atoms with Crippen LogP contribution in [0.15, 0.2) is 67.0 Å². The average molecular weight is 562 g/mol. The van der Waals surface area contributed by atoms with E-state index in [9.17, 15) is 26.3 Å². The molecule has 15 heteroatoms. The quantitative estimate of drug-likeness (QED) is 0.234. The van der Waals surface area contributed by atoms with Gasteiger partial charge in [0.05, 0.1) is 11.4 Å². The number of aromatic nitrogens is 8. The minimum absolute atomic E-state index is 0.00576. The third-order valence-corrected chi connectivity index (χ3v) is 8.45. The molecule has 0 atom stereocenters. The third kappa shape index (κ3) is 4.87. The van der Waals surface area contributed by atoms with Gasteiger partial charge in [0.2, 0.25) is 0 Å². The molecule has 0 aliphatic rings. The second-order valence-electron chi connectivity index (χ2n) is 8.27. The Labute approximate surface area is 218 Å². The van der Waals surface area contributed by atoms with Crippen molar-refractivity contribution in [1.82, 2.24) is 40.0 Å². The van der Waals surface area contributed by atoms with Gasteiger partial charge in [-0.2, -0.15) is 0 Å². The Hall–Kier alpha value is -4.19. The van der Waals surface area contributed by atoms with E-state index in [-0.39, 0.29) is 37.4 Å². The Morgan fingerprint density at radius 2 is 1.13 bits per heavy atom. The van der Waals surface area contributed by atoms with Gasteiger partial charge in [0.1, 0.15) is 22.3 Å². The summed E-state index contributed by atoms with van der Waals surface area (Å²) in [6.07, 6.45) is -7.55. The number of aryl methyl sites for hydroxylation is 1. The van der Waals surface area contributed by atoms with Crippen molar-refractivity contribution in [3.05, 3.63) is 78.1 Å². The SMILES string of the molecule is Cc1cccc(P(c2c(-c3ccccn3)nnn2C(F)(F)F)c2c(-c3ccccn3)nnn2C(F)(F)F)c1C. The van der Waals surface area contributed by atoms with Crippen molar-refractivity contribution in [2.24, 2.45) is 0 Å². The highest BCUT2D eigenvalue weighted by Gasteiger charge is 2.46. The topological polar surface area (TPSA) is 87.2 Å². The summed E-state index contributed by atoms with van der Waals surface area (Å²) in [7, 11) is -2.71. The van der Waals surface area contributed by atoms with Crippen LogP contribution >= 0.6 is 7.92 Å². The first-order valence-electron chi connectivity index (χ1n) is 11.2. The number of halogens is 6. The molecule has 200 valence electrons. The molecule has 8 nitrogen and oxygen atoms in total. The Morgan fingerprint density at radius 3 is 1.54 bits per heavy atom. The standard InChI is InChI=1S/C24H17F6N8P/c1-14-8-7-11-18(15(14)2)39(21-19(16-9-3-5-12-31-16)33-35-37(21)23(25,26)27)22-20(17-10-4-6-13-32-17)34-36-38(22)24(28,29)30/h3-13H,1-2H3. The summed E-state index contributed by atoms with van der Waals surface area (Å²) >= 11 is 0. The lowest BCUT2D eigenvalue weighted by Crippen LogP contribution is -2.39. The second-order valence-corrected chi connectivity index (χ2v) is 10.3.